The maximum atomic E-state index is 5.90. The van der Waals surface area contributed by atoms with E-state index in [9.17, 15) is 0 Å². The second kappa shape index (κ2) is 8.32. The number of aryl methyl sites for hydroxylation is 1. The molecular weight excluding hydrogens is 346 g/mol. The van der Waals surface area contributed by atoms with Crippen LogP contribution in [0.1, 0.15) is 12.2 Å². The Labute approximate surface area is 149 Å². The molecule has 2 heterocycles. The van der Waals surface area contributed by atoms with Crippen LogP contribution in [0.2, 0.25) is 5.02 Å². The lowest BCUT2D eigenvalue weighted by molar-refractivity contribution is 0.494. The number of hydrogen-bond acceptors (Lipinski definition) is 6. The number of nitrogens with one attached hydrogen (secondary N) is 1. The summed E-state index contributed by atoms with van der Waals surface area (Å²) in [6.07, 6.45) is 1.03. The molecule has 0 unspecified atom stereocenters. The van der Waals surface area contributed by atoms with Crippen LogP contribution in [0.5, 0.6) is 0 Å². The van der Waals surface area contributed by atoms with Crippen molar-refractivity contribution in [3.05, 3.63) is 47.2 Å². The number of halogens is 1. The van der Waals surface area contributed by atoms with Crippen LogP contribution in [-0.4, -0.2) is 32.5 Å². The predicted molar refractivity (Wildman–Crippen MR) is 95.0 cm³/mol. The topological polar surface area (TPSA) is 68.8 Å². The van der Waals surface area contributed by atoms with Crippen molar-refractivity contribution >= 4 is 23.4 Å². The minimum atomic E-state index is 0.712. The molecule has 126 valence electrons. The second-order valence-corrected chi connectivity index (χ2v) is 6.74. The molecule has 3 rings (SSSR count). The van der Waals surface area contributed by atoms with Gasteiger partial charge in [0.25, 0.3) is 0 Å². The normalized spacial score (nSPS) is 11.1. The van der Waals surface area contributed by atoms with E-state index >= 15 is 0 Å². The molecule has 1 aromatic carbocycles. The summed E-state index contributed by atoms with van der Waals surface area (Å²) < 4.78 is 7.53. The van der Waals surface area contributed by atoms with E-state index < -0.39 is 0 Å². The molecule has 0 saturated heterocycles. The number of furan rings is 1. The van der Waals surface area contributed by atoms with Gasteiger partial charge in [-0.1, -0.05) is 23.4 Å². The van der Waals surface area contributed by atoms with E-state index in [1.54, 1.807) is 16.4 Å². The van der Waals surface area contributed by atoms with E-state index in [1.165, 1.54) is 0 Å². The Morgan fingerprint density at radius 2 is 2.04 bits per heavy atom. The minimum Gasteiger partial charge on any atom is -0.460 e. The van der Waals surface area contributed by atoms with E-state index in [0.717, 1.165) is 46.0 Å². The smallest absolute Gasteiger partial charge is 0.209 e. The third kappa shape index (κ3) is 4.59. The largest absolute Gasteiger partial charge is 0.460 e. The Morgan fingerprint density at radius 3 is 2.79 bits per heavy atom. The van der Waals surface area contributed by atoms with Gasteiger partial charge in [-0.15, -0.1) is 5.10 Å². The first-order chi connectivity index (χ1) is 11.7. The van der Waals surface area contributed by atoms with Gasteiger partial charge in [0.05, 0.1) is 6.54 Å². The molecule has 3 aromatic rings. The van der Waals surface area contributed by atoms with Crippen LogP contribution >= 0.6 is 23.4 Å². The number of benzene rings is 1. The molecule has 0 aliphatic heterocycles. The van der Waals surface area contributed by atoms with Gasteiger partial charge in [0, 0.05) is 23.4 Å². The number of aromatic nitrogens is 4. The van der Waals surface area contributed by atoms with Gasteiger partial charge in [-0.05, 0) is 59.8 Å². The van der Waals surface area contributed by atoms with Crippen molar-refractivity contribution in [1.29, 1.82) is 0 Å². The second-order valence-electron chi connectivity index (χ2n) is 5.24. The summed E-state index contributed by atoms with van der Waals surface area (Å²) in [5.74, 6) is 2.74. The molecule has 1 N–H and O–H groups in total. The average Bonchev–Trinajstić information content (AvgIpc) is 3.21. The Bertz CT molecular complexity index is 771. The van der Waals surface area contributed by atoms with Crippen molar-refractivity contribution in [2.45, 2.75) is 18.1 Å². The zero-order valence-corrected chi connectivity index (χ0v) is 14.8. The predicted octanol–water partition coefficient (Wildman–Crippen LogP) is 3.40. The summed E-state index contributed by atoms with van der Waals surface area (Å²) in [6.45, 7) is 1.62. The fourth-order valence-electron chi connectivity index (χ4n) is 2.16. The van der Waals surface area contributed by atoms with Crippen LogP contribution in [0.4, 0.5) is 0 Å². The van der Waals surface area contributed by atoms with Gasteiger partial charge < -0.3 is 9.73 Å². The first-order valence-corrected chi connectivity index (χ1v) is 8.99. The van der Waals surface area contributed by atoms with Crippen molar-refractivity contribution < 1.29 is 4.42 Å². The van der Waals surface area contributed by atoms with Gasteiger partial charge in [0.2, 0.25) is 5.16 Å². The van der Waals surface area contributed by atoms with Crippen molar-refractivity contribution in [3.8, 4) is 11.3 Å². The molecule has 0 saturated carbocycles. The molecule has 0 aliphatic rings. The summed E-state index contributed by atoms with van der Waals surface area (Å²) in [6, 6.07) is 11.6. The molecule has 8 heteroatoms. The molecule has 0 fully saturated rings. The van der Waals surface area contributed by atoms with Crippen LogP contribution in [0.3, 0.4) is 0 Å². The van der Waals surface area contributed by atoms with Gasteiger partial charge in [-0.3, -0.25) is 0 Å². The van der Waals surface area contributed by atoms with E-state index in [1.807, 2.05) is 43.4 Å². The Hall–Kier alpha value is -1.83. The number of tetrazole rings is 1. The van der Waals surface area contributed by atoms with E-state index in [2.05, 4.69) is 20.8 Å². The van der Waals surface area contributed by atoms with Crippen molar-refractivity contribution in [1.82, 2.24) is 25.5 Å². The molecule has 24 heavy (non-hydrogen) atoms. The van der Waals surface area contributed by atoms with Crippen LogP contribution in [-0.2, 0) is 13.6 Å². The number of thioether (sulfide) groups is 1. The minimum absolute atomic E-state index is 0.712. The summed E-state index contributed by atoms with van der Waals surface area (Å²) in [5, 5.41) is 16.3. The standard InChI is InChI=1S/C16H18ClN5OS/c1-22-16(19-20-21-22)24-10-2-9-18-11-14-7-8-15(23-14)12-3-5-13(17)6-4-12/h3-8,18H,2,9-11H2,1H3. The van der Waals surface area contributed by atoms with E-state index in [4.69, 9.17) is 16.0 Å². The van der Waals surface area contributed by atoms with Gasteiger partial charge >= 0.3 is 0 Å². The molecule has 0 atom stereocenters. The molecule has 0 bridgehead atoms. The van der Waals surface area contributed by atoms with Gasteiger partial charge in [-0.25, -0.2) is 4.68 Å². The third-order valence-electron chi connectivity index (χ3n) is 3.40. The summed E-state index contributed by atoms with van der Waals surface area (Å²) >= 11 is 7.56. The quantitative estimate of drug-likeness (QED) is 0.488. The fourth-order valence-corrected chi connectivity index (χ4v) is 3.07. The average molecular weight is 364 g/mol. The molecule has 6 nitrogen and oxygen atoms in total. The number of rotatable bonds is 8. The SMILES string of the molecule is Cn1nnnc1SCCCNCc1ccc(-c2ccc(Cl)cc2)o1. The maximum Gasteiger partial charge on any atom is 0.209 e. The Morgan fingerprint density at radius 1 is 1.21 bits per heavy atom. The molecule has 0 spiro atoms. The van der Waals surface area contributed by atoms with Crippen LogP contribution in [0.25, 0.3) is 11.3 Å². The van der Waals surface area contributed by atoms with Crippen molar-refractivity contribution in [2.24, 2.45) is 7.05 Å². The lowest BCUT2D eigenvalue weighted by Gasteiger charge is -2.03. The highest BCUT2D eigenvalue weighted by atomic mass is 35.5. The molecule has 2 aromatic heterocycles. The highest BCUT2D eigenvalue weighted by Crippen LogP contribution is 2.23. The lowest BCUT2D eigenvalue weighted by Crippen LogP contribution is -2.14. The van der Waals surface area contributed by atoms with Crippen LogP contribution in [0, 0.1) is 0 Å². The van der Waals surface area contributed by atoms with Gasteiger partial charge in [-0.2, -0.15) is 0 Å². The summed E-state index contributed by atoms with van der Waals surface area (Å²) in [4.78, 5) is 0. The highest BCUT2D eigenvalue weighted by molar-refractivity contribution is 7.99. The van der Waals surface area contributed by atoms with E-state index in [0.29, 0.717) is 6.54 Å². The molecule has 0 amide bonds. The Balaban J connectivity index is 1.38. The number of nitrogens with zero attached hydrogens (tertiary/aromatic N) is 4. The monoisotopic (exact) mass is 363 g/mol. The molecule has 0 radical (unpaired) electrons. The zero-order chi connectivity index (χ0) is 16.8. The van der Waals surface area contributed by atoms with Crippen LogP contribution in [0.15, 0.2) is 46.0 Å². The first-order valence-electron chi connectivity index (χ1n) is 7.63. The van der Waals surface area contributed by atoms with Gasteiger partial charge in [0.15, 0.2) is 0 Å². The Kier molecular flexibility index (Phi) is 5.90. The third-order valence-corrected chi connectivity index (χ3v) is 4.75. The van der Waals surface area contributed by atoms with Crippen LogP contribution < -0.4 is 5.32 Å². The molecular formula is C16H18ClN5OS. The van der Waals surface area contributed by atoms with Crippen molar-refractivity contribution in [2.75, 3.05) is 12.3 Å². The maximum absolute atomic E-state index is 5.90. The fraction of sp³-hybridized carbons (Fsp3) is 0.312. The van der Waals surface area contributed by atoms with Gasteiger partial charge in [0.1, 0.15) is 11.5 Å². The van der Waals surface area contributed by atoms with Crippen molar-refractivity contribution in [3.63, 3.8) is 0 Å². The molecule has 0 aliphatic carbocycles. The zero-order valence-electron chi connectivity index (χ0n) is 13.3. The lowest BCUT2D eigenvalue weighted by atomic mass is 10.2. The summed E-state index contributed by atoms with van der Waals surface area (Å²) in [7, 11) is 1.84. The first kappa shape index (κ1) is 17.0. The van der Waals surface area contributed by atoms with E-state index in [-0.39, 0.29) is 0 Å². The highest BCUT2D eigenvalue weighted by Gasteiger charge is 2.05. The summed E-state index contributed by atoms with van der Waals surface area (Å²) in [5.41, 5.74) is 1.03. The number of hydrogen-bond donors (Lipinski definition) is 1.